The summed E-state index contributed by atoms with van der Waals surface area (Å²) in [6.07, 6.45) is 0. The Labute approximate surface area is 184 Å². The van der Waals surface area contributed by atoms with Crippen molar-refractivity contribution in [2.75, 3.05) is 12.4 Å². The molecule has 0 aliphatic rings. The van der Waals surface area contributed by atoms with E-state index in [0.717, 1.165) is 21.7 Å². The van der Waals surface area contributed by atoms with Crippen molar-refractivity contribution >= 4 is 33.3 Å². The Balaban J connectivity index is 1.47. The van der Waals surface area contributed by atoms with E-state index in [1.807, 2.05) is 36.6 Å². The van der Waals surface area contributed by atoms with Crippen molar-refractivity contribution in [2.24, 2.45) is 0 Å². The first kappa shape index (κ1) is 20.7. The van der Waals surface area contributed by atoms with Crippen molar-refractivity contribution in [3.63, 3.8) is 0 Å². The summed E-state index contributed by atoms with van der Waals surface area (Å²) >= 11 is 3.01. The highest BCUT2D eigenvalue weighted by Gasteiger charge is 2.13. The Morgan fingerprint density at radius 2 is 1.97 bits per heavy atom. The minimum atomic E-state index is -0.0914. The van der Waals surface area contributed by atoms with Gasteiger partial charge in [-0.2, -0.15) is 0 Å². The summed E-state index contributed by atoms with van der Waals surface area (Å²) in [4.78, 5) is 21.1. The molecule has 1 N–H and O–H groups in total. The molecule has 2 aromatic heterocycles. The lowest BCUT2D eigenvalue weighted by atomic mass is 9.99. The van der Waals surface area contributed by atoms with Crippen LogP contribution in [0.25, 0.3) is 21.3 Å². The van der Waals surface area contributed by atoms with Crippen molar-refractivity contribution in [1.29, 1.82) is 0 Å². The number of hydrogen-bond acceptors (Lipinski definition) is 5. The molecule has 2 heterocycles. The molecule has 0 radical (unpaired) electrons. The van der Waals surface area contributed by atoms with Crippen LogP contribution in [0.2, 0.25) is 0 Å². The molecule has 0 saturated heterocycles. The Kier molecular flexibility index (Phi) is 6.25. The Morgan fingerprint density at radius 1 is 1.17 bits per heavy atom. The first-order valence-electron chi connectivity index (χ1n) is 9.95. The number of H-pyrrole nitrogens is 1. The van der Waals surface area contributed by atoms with E-state index in [0.29, 0.717) is 28.8 Å². The van der Waals surface area contributed by atoms with Gasteiger partial charge in [-0.05, 0) is 41.7 Å². The van der Waals surface area contributed by atoms with Gasteiger partial charge in [-0.15, -0.1) is 11.3 Å². The molecule has 0 amide bonds. The summed E-state index contributed by atoms with van der Waals surface area (Å²) in [5.41, 5.74) is 4.36. The average Bonchev–Trinajstić information content (AvgIpc) is 3.16. The number of ether oxygens (including phenoxy) is 1. The highest BCUT2D eigenvalue weighted by atomic mass is 32.2. The molecular weight excluding hydrogens is 412 g/mol. The number of fused-ring (bicyclic) bond motifs is 1. The second kappa shape index (κ2) is 9.06. The molecule has 154 valence electrons. The highest BCUT2D eigenvalue weighted by molar-refractivity contribution is 7.99. The minimum absolute atomic E-state index is 0.0914. The third kappa shape index (κ3) is 4.60. The lowest BCUT2D eigenvalue weighted by molar-refractivity contribution is 0.343. The molecule has 0 spiro atoms. The molecule has 4 aromatic rings. The molecule has 2 aromatic carbocycles. The molecule has 30 heavy (non-hydrogen) atoms. The third-order valence-electron chi connectivity index (χ3n) is 4.89. The van der Waals surface area contributed by atoms with Crippen molar-refractivity contribution < 1.29 is 4.74 Å². The fraction of sp³-hybridized carbons (Fsp3) is 0.250. The smallest absolute Gasteiger partial charge is 0.260 e. The zero-order valence-corrected chi connectivity index (χ0v) is 18.9. The van der Waals surface area contributed by atoms with Gasteiger partial charge in [-0.1, -0.05) is 62.0 Å². The quantitative estimate of drug-likeness (QED) is 0.211. The number of rotatable bonds is 7. The molecule has 0 atom stereocenters. The largest absolute Gasteiger partial charge is 0.493 e. The average molecular weight is 437 g/mol. The van der Waals surface area contributed by atoms with Gasteiger partial charge in [0, 0.05) is 16.7 Å². The molecule has 0 saturated carbocycles. The number of thiophene rings is 1. The fourth-order valence-corrected chi connectivity index (χ4v) is 4.95. The maximum Gasteiger partial charge on any atom is 0.260 e. The SMILES string of the molecule is Cc1cccc(OCCSc2nc3scc(-c4ccc(C(C)C)cc4)c3c(=O)[nH]2)c1. The van der Waals surface area contributed by atoms with Gasteiger partial charge < -0.3 is 9.72 Å². The molecule has 0 aliphatic carbocycles. The Morgan fingerprint density at radius 3 is 2.70 bits per heavy atom. The normalized spacial score (nSPS) is 11.3. The van der Waals surface area contributed by atoms with Crippen LogP contribution in [0.4, 0.5) is 0 Å². The van der Waals surface area contributed by atoms with E-state index in [1.165, 1.54) is 34.2 Å². The van der Waals surface area contributed by atoms with Crippen molar-refractivity contribution in [2.45, 2.75) is 31.8 Å². The van der Waals surface area contributed by atoms with E-state index in [2.05, 4.69) is 48.1 Å². The predicted octanol–water partition coefficient (Wildman–Crippen LogP) is 6.25. The number of aromatic amines is 1. The van der Waals surface area contributed by atoms with Crippen LogP contribution < -0.4 is 10.3 Å². The molecule has 4 rings (SSSR count). The third-order valence-corrected chi connectivity index (χ3v) is 6.60. The van der Waals surface area contributed by atoms with Crippen molar-refractivity contribution in [3.05, 3.63) is 75.4 Å². The van der Waals surface area contributed by atoms with Crippen LogP contribution in [0.5, 0.6) is 5.75 Å². The van der Waals surface area contributed by atoms with Crippen LogP contribution in [0.3, 0.4) is 0 Å². The van der Waals surface area contributed by atoms with Crippen LogP contribution in [-0.4, -0.2) is 22.3 Å². The molecule has 6 heteroatoms. The zero-order chi connectivity index (χ0) is 21.1. The second-order valence-corrected chi connectivity index (χ2v) is 9.43. The lowest BCUT2D eigenvalue weighted by Gasteiger charge is -2.07. The van der Waals surface area contributed by atoms with Gasteiger partial charge in [0.1, 0.15) is 10.6 Å². The predicted molar refractivity (Wildman–Crippen MR) is 127 cm³/mol. The highest BCUT2D eigenvalue weighted by Crippen LogP contribution is 2.32. The molecule has 0 fully saturated rings. The summed E-state index contributed by atoms with van der Waals surface area (Å²) in [6.45, 7) is 6.94. The number of thioether (sulfide) groups is 1. The van der Waals surface area contributed by atoms with Crippen LogP contribution >= 0.6 is 23.1 Å². The second-order valence-electron chi connectivity index (χ2n) is 7.49. The number of benzene rings is 2. The van der Waals surface area contributed by atoms with Crippen LogP contribution in [0.1, 0.15) is 30.9 Å². The van der Waals surface area contributed by atoms with Gasteiger partial charge in [0.05, 0.1) is 12.0 Å². The zero-order valence-electron chi connectivity index (χ0n) is 17.3. The number of hydrogen-bond donors (Lipinski definition) is 1. The number of aromatic nitrogens is 2. The summed E-state index contributed by atoms with van der Waals surface area (Å²) < 4.78 is 5.78. The van der Waals surface area contributed by atoms with Crippen LogP contribution in [0, 0.1) is 6.92 Å². The van der Waals surface area contributed by atoms with Gasteiger partial charge in [-0.3, -0.25) is 4.79 Å². The molecule has 4 nitrogen and oxygen atoms in total. The maximum absolute atomic E-state index is 12.8. The van der Waals surface area contributed by atoms with Gasteiger partial charge in [0.2, 0.25) is 0 Å². The van der Waals surface area contributed by atoms with E-state index in [1.54, 1.807) is 0 Å². The lowest BCUT2D eigenvalue weighted by Crippen LogP contribution is -2.09. The maximum atomic E-state index is 12.8. The number of nitrogens with one attached hydrogen (secondary N) is 1. The Bertz CT molecular complexity index is 1210. The summed E-state index contributed by atoms with van der Waals surface area (Å²) in [5, 5.41) is 3.31. The van der Waals surface area contributed by atoms with Crippen LogP contribution in [-0.2, 0) is 0 Å². The fourth-order valence-electron chi connectivity index (χ4n) is 3.26. The molecule has 0 unspecified atom stereocenters. The van der Waals surface area contributed by atoms with E-state index >= 15 is 0 Å². The standard InChI is InChI=1S/C24H24N2O2S2/c1-15(2)17-7-9-18(10-8-17)20-14-30-23-21(20)22(27)25-24(26-23)29-12-11-28-19-6-4-5-16(3)13-19/h4-10,13-15H,11-12H2,1-3H3,(H,25,26,27). The monoisotopic (exact) mass is 436 g/mol. The Hall–Kier alpha value is -2.57. The van der Waals surface area contributed by atoms with Gasteiger partial charge >= 0.3 is 0 Å². The number of aryl methyl sites for hydroxylation is 1. The molecule has 0 bridgehead atoms. The first-order valence-corrected chi connectivity index (χ1v) is 11.8. The minimum Gasteiger partial charge on any atom is -0.493 e. The van der Waals surface area contributed by atoms with Crippen LogP contribution in [0.15, 0.2) is 63.9 Å². The first-order chi connectivity index (χ1) is 14.5. The summed E-state index contributed by atoms with van der Waals surface area (Å²) in [6, 6.07) is 16.4. The number of nitrogens with zero attached hydrogens (tertiary/aromatic N) is 1. The van der Waals surface area contributed by atoms with E-state index in [9.17, 15) is 4.79 Å². The van der Waals surface area contributed by atoms with E-state index in [4.69, 9.17) is 4.74 Å². The summed E-state index contributed by atoms with van der Waals surface area (Å²) in [7, 11) is 0. The van der Waals surface area contributed by atoms with Crippen molar-refractivity contribution in [1.82, 2.24) is 9.97 Å². The van der Waals surface area contributed by atoms with Gasteiger partial charge in [0.15, 0.2) is 5.16 Å². The topological polar surface area (TPSA) is 55.0 Å². The van der Waals surface area contributed by atoms with E-state index < -0.39 is 0 Å². The summed E-state index contributed by atoms with van der Waals surface area (Å²) in [5.74, 6) is 2.05. The molecule has 0 aliphatic heterocycles. The van der Waals surface area contributed by atoms with Crippen molar-refractivity contribution in [3.8, 4) is 16.9 Å². The van der Waals surface area contributed by atoms with Gasteiger partial charge in [0.25, 0.3) is 5.56 Å². The molecular formula is C24H24N2O2S2. The van der Waals surface area contributed by atoms with E-state index in [-0.39, 0.29) is 5.56 Å². The van der Waals surface area contributed by atoms with Gasteiger partial charge in [-0.25, -0.2) is 4.98 Å².